The Hall–Kier alpha value is -1.22. The van der Waals surface area contributed by atoms with Crippen LogP contribution in [0.25, 0.3) is 0 Å². The van der Waals surface area contributed by atoms with Crippen molar-refractivity contribution in [2.45, 2.75) is 32.3 Å². The lowest BCUT2D eigenvalue weighted by molar-refractivity contribution is -0.136. The molecule has 88 valence electrons. The summed E-state index contributed by atoms with van der Waals surface area (Å²) in [5.41, 5.74) is 1.98. The SMILES string of the molecule is C[C@H]1CCc2cc(CC(=O)O)ccc2O1.Cl. The molecular formula is C12H15ClO3. The number of aliphatic carboxylic acids is 1. The van der Waals surface area contributed by atoms with Crippen LogP contribution < -0.4 is 4.74 Å². The maximum absolute atomic E-state index is 10.6. The van der Waals surface area contributed by atoms with Crippen molar-refractivity contribution in [1.82, 2.24) is 0 Å². The van der Waals surface area contributed by atoms with E-state index >= 15 is 0 Å². The summed E-state index contributed by atoms with van der Waals surface area (Å²) < 4.78 is 5.64. The average molecular weight is 243 g/mol. The van der Waals surface area contributed by atoms with Gasteiger partial charge in [0.25, 0.3) is 0 Å². The number of carbonyl (C=O) groups is 1. The number of rotatable bonds is 2. The number of ether oxygens (including phenoxy) is 1. The quantitative estimate of drug-likeness (QED) is 0.867. The second-order valence-electron chi connectivity index (χ2n) is 3.98. The highest BCUT2D eigenvalue weighted by atomic mass is 35.5. The van der Waals surface area contributed by atoms with Gasteiger partial charge in [-0.2, -0.15) is 0 Å². The summed E-state index contributed by atoms with van der Waals surface area (Å²) in [6.45, 7) is 2.05. The van der Waals surface area contributed by atoms with Gasteiger partial charge in [0.1, 0.15) is 5.75 Å². The molecule has 0 fully saturated rings. The number of halogens is 1. The van der Waals surface area contributed by atoms with Crippen molar-refractivity contribution in [2.75, 3.05) is 0 Å². The second kappa shape index (κ2) is 5.21. The fourth-order valence-electron chi connectivity index (χ4n) is 1.86. The molecule has 0 saturated heterocycles. The fourth-order valence-corrected chi connectivity index (χ4v) is 1.86. The van der Waals surface area contributed by atoms with Crippen LogP contribution in [-0.4, -0.2) is 17.2 Å². The molecule has 1 aromatic carbocycles. The van der Waals surface area contributed by atoms with Crippen LogP contribution in [0.1, 0.15) is 24.5 Å². The number of benzene rings is 1. The zero-order valence-corrected chi connectivity index (χ0v) is 9.92. The smallest absolute Gasteiger partial charge is 0.307 e. The Kier molecular flexibility index (Phi) is 4.19. The molecule has 0 amide bonds. The molecule has 0 bridgehead atoms. The summed E-state index contributed by atoms with van der Waals surface area (Å²) in [4.78, 5) is 10.6. The summed E-state index contributed by atoms with van der Waals surface area (Å²) in [6.07, 6.45) is 2.33. The van der Waals surface area contributed by atoms with E-state index in [0.29, 0.717) is 0 Å². The maximum Gasteiger partial charge on any atom is 0.307 e. The summed E-state index contributed by atoms with van der Waals surface area (Å²) in [5, 5.41) is 8.68. The minimum absolute atomic E-state index is 0. The summed E-state index contributed by atoms with van der Waals surface area (Å²) in [6, 6.07) is 5.64. The average Bonchev–Trinajstić information content (AvgIpc) is 2.17. The predicted octanol–water partition coefficient (Wildman–Crippen LogP) is 2.45. The molecule has 0 aromatic heterocycles. The Bertz CT molecular complexity index is 390. The third-order valence-corrected chi connectivity index (χ3v) is 2.63. The largest absolute Gasteiger partial charge is 0.490 e. The zero-order chi connectivity index (χ0) is 10.8. The molecule has 1 aliphatic rings. The molecule has 1 aromatic rings. The van der Waals surface area contributed by atoms with Gasteiger partial charge in [0.2, 0.25) is 0 Å². The first kappa shape index (κ1) is 12.8. The van der Waals surface area contributed by atoms with Gasteiger partial charge < -0.3 is 9.84 Å². The van der Waals surface area contributed by atoms with Crippen LogP contribution in [0.15, 0.2) is 18.2 Å². The van der Waals surface area contributed by atoms with E-state index in [-0.39, 0.29) is 24.9 Å². The minimum atomic E-state index is -0.792. The van der Waals surface area contributed by atoms with Crippen LogP contribution in [0.2, 0.25) is 0 Å². The summed E-state index contributed by atoms with van der Waals surface area (Å²) in [5.74, 6) is 0.114. The van der Waals surface area contributed by atoms with Crippen molar-refractivity contribution in [3.8, 4) is 5.75 Å². The molecule has 2 rings (SSSR count). The molecule has 1 aliphatic heterocycles. The number of fused-ring (bicyclic) bond motifs is 1. The molecule has 0 spiro atoms. The molecule has 0 aliphatic carbocycles. The predicted molar refractivity (Wildman–Crippen MR) is 63.4 cm³/mol. The lowest BCUT2D eigenvalue weighted by atomic mass is 9.99. The summed E-state index contributed by atoms with van der Waals surface area (Å²) in [7, 11) is 0. The van der Waals surface area contributed by atoms with Crippen molar-refractivity contribution in [2.24, 2.45) is 0 Å². The van der Waals surface area contributed by atoms with Gasteiger partial charge in [0.15, 0.2) is 0 Å². The highest BCUT2D eigenvalue weighted by molar-refractivity contribution is 5.85. The molecule has 4 heteroatoms. The van der Waals surface area contributed by atoms with Crippen LogP contribution in [-0.2, 0) is 17.6 Å². The maximum atomic E-state index is 10.6. The Morgan fingerprint density at radius 2 is 2.31 bits per heavy atom. The lowest BCUT2D eigenvalue weighted by Crippen LogP contribution is -2.19. The molecular weight excluding hydrogens is 228 g/mol. The molecule has 0 saturated carbocycles. The van der Waals surface area contributed by atoms with E-state index in [4.69, 9.17) is 9.84 Å². The monoisotopic (exact) mass is 242 g/mol. The van der Waals surface area contributed by atoms with Gasteiger partial charge in [0.05, 0.1) is 12.5 Å². The van der Waals surface area contributed by atoms with E-state index in [1.54, 1.807) is 0 Å². The van der Waals surface area contributed by atoms with Gasteiger partial charge in [0, 0.05) is 0 Å². The normalized spacial score (nSPS) is 17.9. The van der Waals surface area contributed by atoms with E-state index in [2.05, 4.69) is 0 Å². The van der Waals surface area contributed by atoms with E-state index in [9.17, 15) is 4.79 Å². The first-order valence-electron chi connectivity index (χ1n) is 5.15. The van der Waals surface area contributed by atoms with E-state index in [0.717, 1.165) is 29.7 Å². The molecule has 1 heterocycles. The third kappa shape index (κ3) is 2.89. The molecule has 16 heavy (non-hydrogen) atoms. The lowest BCUT2D eigenvalue weighted by Gasteiger charge is -2.23. The Morgan fingerprint density at radius 1 is 1.56 bits per heavy atom. The number of hydrogen-bond donors (Lipinski definition) is 1. The topological polar surface area (TPSA) is 46.5 Å². The molecule has 3 nitrogen and oxygen atoms in total. The van der Waals surface area contributed by atoms with Gasteiger partial charge in [-0.3, -0.25) is 4.79 Å². The summed E-state index contributed by atoms with van der Waals surface area (Å²) >= 11 is 0. The van der Waals surface area contributed by atoms with Gasteiger partial charge in [-0.05, 0) is 37.0 Å². The van der Waals surface area contributed by atoms with Crippen LogP contribution in [0.5, 0.6) is 5.75 Å². The first-order chi connectivity index (χ1) is 7.15. The van der Waals surface area contributed by atoms with Gasteiger partial charge >= 0.3 is 5.97 Å². The van der Waals surface area contributed by atoms with Crippen LogP contribution in [0.4, 0.5) is 0 Å². The van der Waals surface area contributed by atoms with Crippen LogP contribution in [0, 0.1) is 0 Å². The molecule has 0 radical (unpaired) electrons. The van der Waals surface area contributed by atoms with Gasteiger partial charge in [-0.15, -0.1) is 12.4 Å². The Morgan fingerprint density at radius 3 is 3.00 bits per heavy atom. The molecule has 1 N–H and O–H groups in total. The van der Waals surface area contributed by atoms with Crippen LogP contribution >= 0.6 is 12.4 Å². The standard InChI is InChI=1S/C12H14O3.ClH/c1-8-2-4-10-6-9(7-12(13)14)3-5-11(10)15-8;/h3,5-6,8H,2,4,7H2,1H3,(H,13,14);1H/t8-;/m0./s1. The first-order valence-corrected chi connectivity index (χ1v) is 5.15. The third-order valence-electron chi connectivity index (χ3n) is 2.63. The fraction of sp³-hybridized carbons (Fsp3) is 0.417. The second-order valence-corrected chi connectivity index (χ2v) is 3.98. The van der Waals surface area contributed by atoms with Crippen molar-refractivity contribution in [3.05, 3.63) is 29.3 Å². The van der Waals surface area contributed by atoms with Gasteiger partial charge in [-0.25, -0.2) is 0 Å². The highest BCUT2D eigenvalue weighted by Crippen LogP contribution is 2.28. The zero-order valence-electron chi connectivity index (χ0n) is 9.10. The van der Waals surface area contributed by atoms with Crippen molar-refractivity contribution >= 4 is 18.4 Å². The van der Waals surface area contributed by atoms with Crippen molar-refractivity contribution in [3.63, 3.8) is 0 Å². The molecule has 1 atom stereocenters. The Balaban J connectivity index is 0.00000128. The van der Waals surface area contributed by atoms with E-state index in [1.165, 1.54) is 0 Å². The number of carboxylic acid groups (broad SMARTS) is 1. The highest BCUT2D eigenvalue weighted by Gasteiger charge is 2.16. The van der Waals surface area contributed by atoms with Gasteiger partial charge in [-0.1, -0.05) is 12.1 Å². The van der Waals surface area contributed by atoms with Crippen LogP contribution in [0.3, 0.4) is 0 Å². The number of aryl methyl sites for hydroxylation is 1. The molecule has 0 unspecified atom stereocenters. The van der Waals surface area contributed by atoms with E-state index < -0.39 is 5.97 Å². The number of hydrogen-bond acceptors (Lipinski definition) is 2. The van der Waals surface area contributed by atoms with Crippen molar-refractivity contribution in [1.29, 1.82) is 0 Å². The Labute approximate surface area is 101 Å². The minimum Gasteiger partial charge on any atom is -0.490 e. The van der Waals surface area contributed by atoms with E-state index in [1.807, 2.05) is 25.1 Å². The number of carboxylic acids is 1. The van der Waals surface area contributed by atoms with Crippen molar-refractivity contribution < 1.29 is 14.6 Å².